The second-order valence-corrected chi connectivity index (χ2v) is 6.54. The van der Waals surface area contributed by atoms with Gasteiger partial charge < -0.3 is 9.84 Å². The maximum atomic E-state index is 9.00. The van der Waals surface area contributed by atoms with Crippen LogP contribution in [0.4, 0.5) is 0 Å². The summed E-state index contributed by atoms with van der Waals surface area (Å²) in [5, 5.41) is 9.00. The van der Waals surface area contributed by atoms with Crippen LogP contribution in [0.25, 0.3) is 0 Å². The molecule has 0 aromatic carbocycles. The van der Waals surface area contributed by atoms with Crippen LogP contribution in [0, 0.1) is 0 Å². The Morgan fingerprint density at radius 2 is 1.45 bits per heavy atom. The van der Waals surface area contributed by atoms with E-state index in [1.165, 1.54) is 89.9 Å². The van der Waals surface area contributed by atoms with Crippen LogP contribution in [-0.4, -0.2) is 23.9 Å². The third-order valence-corrected chi connectivity index (χ3v) is 4.75. The van der Waals surface area contributed by atoms with E-state index in [1.807, 2.05) is 0 Å². The fourth-order valence-corrected chi connectivity index (χ4v) is 3.51. The van der Waals surface area contributed by atoms with Gasteiger partial charge >= 0.3 is 0 Å². The maximum absolute atomic E-state index is 9.00. The molecule has 1 aliphatic rings. The highest BCUT2D eigenvalue weighted by molar-refractivity contribution is 4.84. The Morgan fingerprint density at radius 1 is 0.850 bits per heavy atom. The normalized spacial score (nSPS) is 18.3. The van der Waals surface area contributed by atoms with Crippen LogP contribution in [0.15, 0.2) is 0 Å². The van der Waals surface area contributed by atoms with Gasteiger partial charge in [-0.15, -0.1) is 0 Å². The van der Waals surface area contributed by atoms with Crippen molar-refractivity contribution in [2.24, 2.45) is 0 Å². The number of unbranched alkanes of at least 4 members (excludes halogenated alkanes) is 7. The SMILES string of the molecule is CCCCCCCCCCC1(OCCO)CCCCC1. The van der Waals surface area contributed by atoms with Crippen LogP contribution in [0.2, 0.25) is 0 Å². The quantitative estimate of drug-likeness (QED) is 0.497. The first kappa shape index (κ1) is 18.0. The van der Waals surface area contributed by atoms with Crippen molar-refractivity contribution in [1.82, 2.24) is 0 Å². The lowest BCUT2D eigenvalue weighted by Gasteiger charge is -2.37. The summed E-state index contributed by atoms with van der Waals surface area (Å²) in [5.41, 5.74) is 0.114. The molecule has 0 aromatic heterocycles. The Kier molecular flexibility index (Phi) is 10.4. The first-order chi connectivity index (χ1) is 9.83. The van der Waals surface area contributed by atoms with Crippen molar-refractivity contribution in [3.05, 3.63) is 0 Å². The minimum absolute atomic E-state index is 0.114. The molecule has 1 rings (SSSR count). The van der Waals surface area contributed by atoms with Crippen molar-refractivity contribution in [3.8, 4) is 0 Å². The summed E-state index contributed by atoms with van der Waals surface area (Å²) >= 11 is 0. The highest BCUT2D eigenvalue weighted by Gasteiger charge is 2.31. The lowest BCUT2D eigenvalue weighted by molar-refractivity contribution is -0.0866. The standard InChI is InChI=1S/C18H36O2/c1-2-3-4-5-6-7-8-10-13-18(20-17-16-19)14-11-9-12-15-18/h19H,2-17H2,1H3. The Balaban J connectivity index is 2.09. The van der Waals surface area contributed by atoms with Crippen molar-refractivity contribution in [2.75, 3.05) is 13.2 Å². The molecule has 0 heterocycles. The fourth-order valence-electron chi connectivity index (χ4n) is 3.51. The minimum atomic E-state index is 0.114. The fraction of sp³-hybridized carbons (Fsp3) is 1.00. The zero-order chi connectivity index (χ0) is 14.5. The average Bonchev–Trinajstić information content (AvgIpc) is 2.49. The lowest BCUT2D eigenvalue weighted by Crippen LogP contribution is -2.36. The molecular weight excluding hydrogens is 248 g/mol. The van der Waals surface area contributed by atoms with E-state index in [0.717, 1.165) is 0 Å². The Labute approximate surface area is 126 Å². The molecule has 2 heteroatoms. The van der Waals surface area contributed by atoms with Crippen molar-refractivity contribution >= 4 is 0 Å². The molecule has 0 atom stereocenters. The van der Waals surface area contributed by atoms with E-state index in [2.05, 4.69) is 6.92 Å². The number of hydrogen-bond acceptors (Lipinski definition) is 2. The van der Waals surface area contributed by atoms with Gasteiger partial charge in [0.05, 0.1) is 18.8 Å². The van der Waals surface area contributed by atoms with Crippen molar-refractivity contribution in [1.29, 1.82) is 0 Å². The van der Waals surface area contributed by atoms with Gasteiger partial charge in [-0.25, -0.2) is 0 Å². The summed E-state index contributed by atoms with van der Waals surface area (Å²) in [4.78, 5) is 0. The molecular formula is C18H36O2. The Bertz CT molecular complexity index is 209. The summed E-state index contributed by atoms with van der Waals surface area (Å²) in [7, 11) is 0. The molecule has 120 valence electrons. The molecule has 20 heavy (non-hydrogen) atoms. The molecule has 0 unspecified atom stereocenters. The maximum Gasteiger partial charge on any atom is 0.0705 e. The van der Waals surface area contributed by atoms with Crippen molar-refractivity contribution < 1.29 is 9.84 Å². The van der Waals surface area contributed by atoms with Gasteiger partial charge in [-0.1, -0.05) is 77.6 Å². The van der Waals surface area contributed by atoms with E-state index < -0.39 is 0 Å². The second kappa shape index (κ2) is 11.6. The van der Waals surface area contributed by atoms with Crippen LogP contribution in [0.5, 0.6) is 0 Å². The van der Waals surface area contributed by atoms with Gasteiger partial charge in [-0.2, -0.15) is 0 Å². The van der Waals surface area contributed by atoms with Gasteiger partial charge in [0.15, 0.2) is 0 Å². The Hall–Kier alpha value is -0.0800. The second-order valence-electron chi connectivity index (χ2n) is 6.54. The molecule has 0 aromatic rings. The Morgan fingerprint density at radius 3 is 2.05 bits per heavy atom. The van der Waals surface area contributed by atoms with Gasteiger partial charge in [0.2, 0.25) is 0 Å². The molecule has 1 saturated carbocycles. The van der Waals surface area contributed by atoms with E-state index in [9.17, 15) is 0 Å². The van der Waals surface area contributed by atoms with Crippen LogP contribution in [-0.2, 0) is 4.74 Å². The van der Waals surface area contributed by atoms with Gasteiger partial charge in [0.1, 0.15) is 0 Å². The van der Waals surface area contributed by atoms with Crippen LogP contribution >= 0.6 is 0 Å². The number of hydrogen-bond donors (Lipinski definition) is 1. The highest BCUT2D eigenvalue weighted by atomic mass is 16.5. The minimum Gasteiger partial charge on any atom is -0.394 e. The first-order valence-electron chi connectivity index (χ1n) is 9.08. The van der Waals surface area contributed by atoms with Crippen LogP contribution < -0.4 is 0 Å². The van der Waals surface area contributed by atoms with Crippen molar-refractivity contribution in [2.45, 2.75) is 102 Å². The largest absolute Gasteiger partial charge is 0.394 e. The predicted molar refractivity (Wildman–Crippen MR) is 86.1 cm³/mol. The highest BCUT2D eigenvalue weighted by Crippen LogP contribution is 2.36. The molecule has 0 saturated heterocycles. The van der Waals surface area contributed by atoms with Gasteiger partial charge in [-0.3, -0.25) is 0 Å². The van der Waals surface area contributed by atoms with E-state index >= 15 is 0 Å². The lowest BCUT2D eigenvalue weighted by atomic mass is 9.81. The monoisotopic (exact) mass is 284 g/mol. The number of ether oxygens (including phenoxy) is 1. The molecule has 1 N–H and O–H groups in total. The first-order valence-corrected chi connectivity index (χ1v) is 9.08. The van der Waals surface area contributed by atoms with Crippen LogP contribution in [0.1, 0.15) is 96.8 Å². The third-order valence-electron chi connectivity index (χ3n) is 4.75. The van der Waals surface area contributed by atoms with Gasteiger partial charge in [-0.05, 0) is 19.3 Å². The molecule has 0 amide bonds. The van der Waals surface area contributed by atoms with E-state index in [0.29, 0.717) is 6.61 Å². The van der Waals surface area contributed by atoms with Crippen LogP contribution in [0.3, 0.4) is 0 Å². The zero-order valence-corrected chi connectivity index (χ0v) is 13.7. The van der Waals surface area contributed by atoms with E-state index in [1.54, 1.807) is 0 Å². The van der Waals surface area contributed by atoms with E-state index in [4.69, 9.17) is 9.84 Å². The zero-order valence-electron chi connectivity index (χ0n) is 13.7. The molecule has 0 aliphatic heterocycles. The molecule has 2 nitrogen and oxygen atoms in total. The molecule has 0 bridgehead atoms. The molecule has 1 aliphatic carbocycles. The third kappa shape index (κ3) is 7.64. The summed E-state index contributed by atoms with van der Waals surface area (Å²) < 4.78 is 6.03. The number of rotatable bonds is 12. The summed E-state index contributed by atoms with van der Waals surface area (Å²) in [6, 6.07) is 0. The molecule has 0 radical (unpaired) electrons. The van der Waals surface area contributed by atoms with E-state index in [-0.39, 0.29) is 12.2 Å². The predicted octanol–water partition coefficient (Wildman–Crippen LogP) is 5.23. The summed E-state index contributed by atoms with van der Waals surface area (Å²) in [6.45, 7) is 2.96. The molecule has 1 fully saturated rings. The topological polar surface area (TPSA) is 29.5 Å². The van der Waals surface area contributed by atoms with Gasteiger partial charge in [0, 0.05) is 0 Å². The summed E-state index contributed by atoms with van der Waals surface area (Å²) in [5.74, 6) is 0. The number of aliphatic hydroxyl groups excluding tert-OH is 1. The summed E-state index contributed by atoms with van der Waals surface area (Å²) in [6.07, 6.45) is 18.6. The van der Waals surface area contributed by atoms with Gasteiger partial charge in [0.25, 0.3) is 0 Å². The van der Waals surface area contributed by atoms with Crippen molar-refractivity contribution in [3.63, 3.8) is 0 Å². The average molecular weight is 284 g/mol. The number of aliphatic hydroxyl groups is 1. The molecule has 0 spiro atoms. The smallest absolute Gasteiger partial charge is 0.0705 e.